The van der Waals surface area contributed by atoms with Gasteiger partial charge in [-0.2, -0.15) is 0 Å². The maximum absolute atomic E-state index is 12.5. The Kier molecular flexibility index (Phi) is 4.89. The molecule has 1 unspecified atom stereocenters. The monoisotopic (exact) mass is 314 g/mol. The molecule has 1 heterocycles. The summed E-state index contributed by atoms with van der Waals surface area (Å²) < 4.78 is 4.76. The van der Waals surface area contributed by atoms with Crippen LogP contribution in [0.1, 0.15) is 56.2 Å². The minimum Gasteiger partial charge on any atom is -0.465 e. The molecule has 0 radical (unpaired) electrons. The summed E-state index contributed by atoms with van der Waals surface area (Å²) in [5.41, 5.74) is 4.23. The van der Waals surface area contributed by atoms with E-state index in [0.29, 0.717) is 22.5 Å². The standard InChI is InChI=1S/C18H22N2O3/c1-10-6-8-14(9-7-10)12(3)20-17(21)16-11(2)15(13(4)19-16)18(22)23-5/h6-9,12,19H,1-5H3,(H,20,21). The molecular formula is C18H22N2O3. The topological polar surface area (TPSA) is 71.2 Å². The zero-order chi connectivity index (χ0) is 17.1. The second kappa shape index (κ2) is 6.69. The van der Waals surface area contributed by atoms with Crippen LogP contribution < -0.4 is 5.32 Å². The number of hydrogen-bond acceptors (Lipinski definition) is 3. The molecule has 0 saturated carbocycles. The van der Waals surface area contributed by atoms with Crippen LogP contribution in [0.3, 0.4) is 0 Å². The number of hydrogen-bond donors (Lipinski definition) is 2. The Bertz CT molecular complexity index is 729. The Hall–Kier alpha value is -2.56. The van der Waals surface area contributed by atoms with E-state index in [9.17, 15) is 9.59 Å². The lowest BCUT2D eigenvalue weighted by Gasteiger charge is -2.14. The highest BCUT2D eigenvalue weighted by Gasteiger charge is 2.23. The summed E-state index contributed by atoms with van der Waals surface area (Å²) in [4.78, 5) is 27.3. The highest BCUT2D eigenvalue weighted by Crippen LogP contribution is 2.20. The number of aromatic amines is 1. The van der Waals surface area contributed by atoms with Gasteiger partial charge in [-0.15, -0.1) is 0 Å². The van der Waals surface area contributed by atoms with Crippen LogP contribution in [0.15, 0.2) is 24.3 Å². The number of benzene rings is 1. The first-order chi connectivity index (χ1) is 10.8. The van der Waals surface area contributed by atoms with E-state index in [2.05, 4.69) is 10.3 Å². The van der Waals surface area contributed by atoms with Gasteiger partial charge in [0, 0.05) is 5.69 Å². The quantitative estimate of drug-likeness (QED) is 0.851. The van der Waals surface area contributed by atoms with E-state index in [1.165, 1.54) is 12.7 Å². The molecule has 1 amide bonds. The molecule has 0 bridgehead atoms. The van der Waals surface area contributed by atoms with Gasteiger partial charge in [0.25, 0.3) is 5.91 Å². The van der Waals surface area contributed by atoms with Crippen molar-refractivity contribution in [1.82, 2.24) is 10.3 Å². The molecule has 2 rings (SSSR count). The van der Waals surface area contributed by atoms with Crippen molar-refractivity contribution >= 4 is 11.9 Å². The third-order valence-electron chi connectivity index (χ3n) is 3.98. The SMILES string of the molecule is COC(=O)c1c(C)[nH]c(C(=O)NC(C)c2ccc(C)cc2)c1C. The average molecular weight is 314 g/mol. The maximum atomic E-state index is 12.5. The summed E-state index contributed by atoms with van der Waals surface area (Å²) in [5.74, 6) is -0.685. The first-order valence-corrected chi connectivity index (χ1v) is 7.50. The van der Waals surface area contributed by atoms with Crippen LogP contribution in [0.25, 0.3) is 0 Å². The fourth-order valence-electron chi connectivity index (χ4n) is 2.59. The summed E-state index contributed by atoms with van der Waals surface area (Å²) >= 11 is 0. The molecule has 0 aliphatic heterocycles. The van der Waals surface area contributed by atoms with Gasteiger partial charge in [-0.1, -0.05) is 29.8 Å². The number of H-pyrrole nitrogens is 1. The van der Waals surface area contributed by atoms with Gasteiger partial charge in [-0.05, 0) is 38.8 Å². The molecule has 2 aromatic rings. The Morgan fingerprint density at radius 3 is 2.30 bits per heavy atom. The number of carbonyl (C=O) groups is 2. The van der Waals surface area contributed by atoms with Gasteiger partial charge in [0.05, 0.1) is 18.7 Å². The van der Waals surface area contributed by atoms with Gasteiger partial charge in [0.1, 0.15) is 5.69 Å². The van der Waals surface area contributed by atoms with Crippen LogP contribution in [0.2, 0.25) is 0 Å². The van der Waals surface area contributed by atoms with Crippen molar-refractivity contribution in [3.8, 4) is 0 Å². The summed E-state index contributed by atoms with van der Waals surface area (Å²) in [7, 11) is 1.33. The van der Waals surface area contributed by atoms with Crippen molar-refractivity contribution in [2.75, 3.05) is 7.11 Å². The first-order valence-electron chi connectivity index (χ1n) is 7.50. The second-order valence-electron chi connectivity index (χ2n) is 5.72. The molecule has 1 aromatic carbocycles. The predicted molar refractivity (Wildman–Crippen MR) is 88.7 cm³/mol. The van der Waals surface area contributed by atoms with Crippen molar-refractivity contribution in [2.45, 2.75) is 33.7 Å². The smallest absolute Gasteiger partial charge is 0.339 e. The van der Waals surface area contributed by atoms with E-state index >= 15 is 0 Å². The van der Waals surface area contributed by atoms with Crippen LogP contribution in [-0.4, -0.2) is 24.0 Å². The molecule has 1 atom stereocenters. The Labute approximate surface area is 136 Å². The van der Waals surface area contributed by atoms with Crippen LogP contribution in [0.5, 0.6) is 0 Å². The van der Waals surface area contributed by atoms with E-state index in [-0.39, 0.29) is 11.9 Å². The largest absolute Gasteiger partial charge is 0.465 e. The van der Waals surface area contributed by atoms with Crippen molar-refractivity contribution in [1.29, 1.82) is 0 Å². The molecule has 0 fully saturated rings. The number of aromatic nitrogens is 1. The van der Waals surface area contributed by atoms with Gasteiger partial charge in [-0.3, -0.25) is 4.79 Å². The highest BCUT2D eigenvalue weighted by molar-refractivity contribution is 6.00. The van der Waals surface area contributed by atoms with Gasteiger partial charge in [0.2, 0.25) is 0 Å². The zero-order valence-electron chi connectivity index (χ0n) is 14.1. The molecule has 2 N–H and O–H groups in total. The second-order valence-corrected chi connectivity index (χ2v) is 5.72. The predicted octanol–water partition coefficient (Wildman–Crippen LogP) is 3.22. The normalized spacial score (nSPS) is 11.9. The molecule has 0 aliphatic rings. The molecule has 0 spiro atoms. The minimum atomic E-state index is -0.443. The van der Waals surface area contributed by atoms with Crippen molar-refractivity contribution < 1.29 is 14.3 Å². The fraction of sp³-hybridized carbons (Fsp3) is 0.333. The zero-order valence-corrected chi connectivity index (χ0v) is 14.1. The number of aryl methyl sites for hydroxylation is 2. The number of esters is 1. The molecule has 122 valence electrons. The van der Waals surface area contributed by atoms with Crippen LogP contribution >= 0.6 is 0 Å². The summed E-state index contributed by atoms with van der Waals surface area (Å²) in [5, 5.41) is 2.95. The number of ether oxygens (including phenoxy) is 1. The van der Waals surface area contributed by atoms with Crippen molar-refractivity contribution in [2.24, 2.45) is 0 Å². The first kappa shape index (κ1) is 16.8. The van der Waals surface area contributed by atoms with E-state index in [1.807, 2.05) is 38.1 Å². The Morgan fingerprint density at radius 1 is 1.13 bits per heavy atom. The van der Waals surface area contributed by atoms with Crippen LogP contribution in [-0.2, 0) is 4.74 Å². The number of amides is 1. The van der Waals surface area contributed by atoms with Crippen LogP contribution in [0.4, 0.5) is 0 Å². The maximum Gasteiger partial charge on any atom is 0.339 e. The van der Waals surface area contributed by atoms with Gasteiger partial charge >= 0.3 is 5.97 Å². The number of carbonyl (C=O) groups excluding carboxylic acids is 2. The van der Waals surface area contributed by atoms with E-state index in [0.717, 1.165) is 5.56 Å². The number of methoxy groups -OCH3 is 1. The highest BCUT2D eigenvalue weighted by atomic mass is 16.5. The number of rotatable bonds is 4. The number of nitrogens with one attached hydrogen (secondary N) is 2. The van der Waals surface area contributed by atoms with Crippen LogP contribution in [0, 0.1) is 20.8 Å². The van der Waals surface area contributed by atoms with Gasteiger partial charge in [0.15, 0.2) is 0 Å². The third kappa shape index (κ3) is 3.44. The lowest BCUT2D eigenvalue weighted by molar-refractivity contribution is 0.0599. The molecule has 5 nitrogen and oxygen atoms in total. The summed E-state index contributed by atoms with van der Waals surface area (Å²) in [6.45, 7) is 7.43. The molecule has 1 aromatic heterocycles. The summed E-state index contributed by atoms with van der Waals surface area (Å²) in [6, 6.07) is 7.88. The molecule has 5 heteroatoms. The Morgan fingerprint density at radius 2 is 1.74 bits per heavy atom. The minimum absolute atomic E-state index is 0.132. The molecular weight excluding hydrogens is 292 g/mol. The van der Waals surface area contributed by atoms with Gasteiger partial charge in [-0.25, -0.2) is 4.79 Å². The summed E-state index contributed by atoms with van der Waals surface area (Å²) in [6.07, 6.45) is 0. The molecule has 0 aliphatic carbocycles. The van der Waals surface area contributed by atoms with E-state index < -0.39 is 5.97 Å². The average Bonchev–Trinajstić information content (AvgIpc) is 2.82. The lowest BCUT2D eigenvalue weighted by Crippen LogP contribution is -2.27. The third-order valence-corrected chi connectivity index (χ3v) is 3.98. The van der Waals surface area contributed by atoms with Gasteiger partial charge < -0.3 is 15.0 Å². The van der Waals surface area contributed by atoms with E-state index in [4.69, 9.17) is 4.74 Å². The Balaban J connectivity index is 2.21. The van der Waals surface area contributed by atoms with E-state index in [1.54, 1.807) is 13.8 Å². The lowest BCUT2D eigenvalue weighted by atomic mass is 10.1. The fourth-order valence-corrected chi connectivity index (χ4v) is 2.59. The molecule has 0 saturated heterocycles. The van der Waals surface area contributed by atoms with Crippen molar-refractivity contribution in [3.63, 3.8) is 0 Å². The molecule has 23 heavy (non-hydrogen) atoms. The van der Waals surface area contributed by atoms with Crippen molar-refractivity contribution in [3.05, 3.63) is 57.9 Å².